The van der Waals surface area contributed by atoms with Crippen molar-refractivity contribution in [3.8, 4) is 5.75 Å². The number of aromatic amines is 1. The van der Waals surface area contributed by atoms with Crippen LogP contribution in [0.4, 0.5) is 0 Å². The molecule has 0 atom stereocenters. The number of aromatic nitrogens is 2. The van der Waals surface area contributed by atoms with Gasteiger partial charge in [0.15, 0.2) is 0 Å². The van der Waals surface area contributed by atoms with E-state index in [4.69, 9.17) is 0 Å². The summed E-state index contributed by atoms with van der Waals surface area (Å²) in [6.45, 7) is 0. The molecule has 0 bridgehead atoms. The maximum atomic E-state index is 11.6. The van der Waals surface area contributed by atoms with E-state index in [0.717, 1.165) is 0 Å². The minimum absolute atomic E-state index is 0.291. The molecule has 0 spiro atoms. The summed E-state index contributed by atoms with van der Waals surface area (Å²) in [5, 5.41) is 12.5. The SMILES string of the molecule is CNC(=O)c1c(O)c2ccncc2[nH]c1=O. The van der Waals surface area contributed by atoms with Gasteiger partial charge in [-0.3, -0.25) is 14.6 Å². The molecular formula is C10H9N3O3. The van der Waals surface area contributed by atoms with Crippen LogP contribution in [0.15, 0.2) is 23.3 Å². The molecule has 2 rings (SSSR count). The molecule has 0 aromatic carbocycles. The third-order valence-electron chi connectivity index (χ3n) is 2.24. The van der Waals surface area contributed by atoms with E-state index in [9.17, 15) is 14.7 Å². The van der Waals surface area contributed by atoms with Crippen molar-refractivity contribution in [2.45, 2.75) is 0 Å². The zero-order valence-corrected chi connectivity index (χ0v) is 8.44. The van der Waals surface area contributed by atoms with Gasteiger partial charge in [-0.2, -0.15) is 0 Å². The second-order valence-corrected chi connectivity index (χ2v) is 3.18. The minimum atomic E-state index is -0.641. The Kier molecular flexibility index (Phi) is 2.32. The molecule has 6 heteroatoms. The number of nitrogens with one attached hydrogen (secondary N) is 2. The third-order valence-corrected chi connectivity index (χ3v) is 2.24. The Hall–Kier alpha value is -2.37. The molecule has 6 nitrogen and oxygen atoms in total. The van der Waals surface area contributed by atoms with Crippen LogP contribution in [0.5, 0.6) is 5.75 Å². The number of H-pyrrole nitrogens is 1. The number of hydrogen-bond acceptors (Lipinski definition) is 4. The van der Waals surface area contributed by atoms with Crippen molar-refractivity contribution in [3.05, 3.63) is 34.4 Å². The average molecular weight is 219 g/mol. The highest BCUT2D eigenvalue weighted by Gasteiger charge is 2.17. The van der Waals surface area contributed by atoms with Gasteiger partial charge >= 0.3 is 0 Å². The molecule has 16 heavy (non-hydrogen) atoms. The Labute approximate surface area is 89.9 Å². The highest BCUT2D eigenvalue weighted by atomic mass is 16.3. The summed E-state index contributed by atoms with van der Waals surface area (Å²) >= 11 is 0. The first-order valence-corrected chi connectivity index (χ1v) is 4.56. The van der Waals surface area contributed by atoms with E-state index >= 15 is 0 Å². The molecule has 0 aliphatic heterocycles. The third kappa shape index (κ3) is 1.40. The van der Waals surface area contributed by atoms with Crippen molar-refractivity contribution < 1.29 is 9.90 Å². The monoisotopic (exact) mass is 219 g/mol. The molecule has 0 radical (unpaired) electrons. The summed E-state index contributed by atoms with van der Waals surface area (Å²) < 4.78 is 0. The van der Waals surface area contributed by atoms with Crippen molar-refractivity contribution in [2.75, 3.05) is 7.05 Å². The molecule has 0 aliphatic carbocycles. The fourth-order valence-electron chi connectivity index (χ4n) is 1.46. The van der Waals surface area contributed by atoms with Crippen LogP contribution in [0.3, 0.4) is 0 Å². The lowest BCUT2D eigenvalue weighted by molar-refractivity contribution is 0.0959. The summed E-state index contributed by atoms with van der Waals surface area (Å²) in [5.41, 5.74) is -0.545. The van der Waals surface area contributed by atoms with Crippen LogP contribution in [-0.2, 0) is 0 Å². The zero-order chi connectivity index (χ0) is 11.7. The van der Waals surface area contributed by atoms with Gasteiger partial charge in [0.25, 0.3) is 11.5 Å². The van der Waals surface area contributed by atoms with Crippen LogP contribution in [0.25, 0.3) is 10.9 Å². The van der Waals surface area contributed by atoms with E-state index in [1.54, 1.807) is 0 Å². The second-order valence-electron chi connectivity index (χ2n) is 3.18. The van der Waals surface area contributed by atoms with Crippen LogP contribution in [0.2, 0.25) is 0 Å². The molecule has 2 heterocycles. The lowest BCUT2D eigenvalue weighted by atomic mass is 10.1. The fourth-order valence-corrected chi connectivity index (χ4v) is 1.46. The summed E-state index contributed by atoms with van der Waals surface area (Å²) in [5.74, 6) is -0.960. The van der Waals surface area contributed by atoms with Gasteiger partial charge in [0, 0.05) is 18.6 Å². The van der Waals surface area contributed by atoms with Crippen molar-refractivity contribution in [1.82, 2.24) is 15.3 Å². The fraction of sp³-hybridized carbons (Fsp3) is 0.100. The predicted octanol–water partition coefficient (Wildman–Crippen LogP) is -0.0117. The number of rotatable bonds is 1. The molecule has 82 valence electrons. The van der Waals surface area contributed by atoms with E-state index in [1.807, 2.05) is 0 Å². The molecule has 0 saturated heterocycles. The highest BCUT2D eigenvalue weighted by Crippen LogP contribution is 2.23. The van der Waals surface area contributed by atoms with Gasteiger partial charge in [0.05, 0.1) is 11.7 Å². The van der Waals surface area contributed by atoms with Gasteiger partial charge in [0.2, 0.25) is 0 Å². The summed E-state index contributed by atoms with van der Waals surface area (Å²) in [6, 6.07) is 1.52. The maximum absolute atomic E-state index is 11.6. The number of carbonyl (C=O) groups excluding carboxylic acids is 1. The van der Waals surface area contributed by atoms with Crippen molar-refractivity contribution >= 4 is 16.8 Å². The molecule has 0 aliphatic rings. The topological polar surface area (TPSA) is 95.1 Å². The van der Waals surface area contributed by atoms with Crippen molar-refractivity contribution in [2.24, 2.45) is 0 Å². The van der Waals surface area contributed by atoms with Gasteiger partial charge in [-0.15, -0.1) is 0 Å². The minimum Gasteiger partial charge on any atom is -0.506 e. The second kappa shape index (κ2) is 3.65. The number of hydrogen-bond donors (Lipinski definition) is 3. The van der Waals surface area contributed by atoms with E-state index in [1.165, 1.54) is 25.5 Å². The number of pyridine rings is 2. The highest BCUT2D eigenvalue weighted by molar-refractivity contribution is 6.01. The van der Waals surface area contributed by atoms with Crippen molar-refractivity contribution in [3.63, 3.8) is 0 Å². The van der Waals surface area contributed by atoms with Gasteiger partial charge in [0.1, 0.15) is 11.3 Å². The molecule has 0 unspecified atom stereocenters. The summed E-state index contributed by atoms with van der Waals surface area (Å²) in [7, 11) is 1.39. The largest absolute Gasteiger partial charge is 0.506 e. The van der Waals surface area contributed by atoms with Crippen LogP contribution < -0.4 is 10.9 Å². The number of aromatic hydroxyl groups is 1. The average Bonchev–Trinajstić information content (AvgIpc) is 2.28. The van der Waals surface area contributed by atoms with Crippen LogP contribution in [0.1, 0.15) is 10.4 Å². The number of carbonyl (C=O) groups is 1. The van der Waals surface area contributed by atoms with Gasteiger partial charge in [-0.1, -0.05) is 0 Å². The molecule has 0 fully saturated rings. The maximum Gasteiger partial charge on any atom is 0.265 e. The van der Waals surface area contributed by atoms with Gasteiger partial charge in [-0.05, 0) is 6.07 Å². The molecule has 2 aromatic heterocycles. The first-order chi connectivity index (χ1) is 7.65. The standard InChI is InChI=1S/C10H9N3O3/c1-11-9(15)7-8(14)5-2-3-12-4-6(5)13-10(7)16/h2-4H,1H3,(H,11,15)(H2,13,14,16). The van der Waals surface area contributed by atoms with Crippen LogP contribution in [-0.4, -0.2) is 28.0 Å². The van der Waals surface area contributed by atoms with Crippen LogP contribution >= 0.6 is 0 Å². The van der Waals surface area contributed by atoms with Gasteiger partial charge in [-0.25, -0.2) is 0 Å². The molecule has 1 amide bonds. The van der Waals surface area contributed by atoms with Gasteiger partial charge < -0.3 is 15.4 Å². The lowest BCUT2D eigenvalue weighted by Gasteiger charge is -2.05. The Balaban J connectivity index is 2.86. The number of amides is 1. The molecular weight excluding hydrogens is 210 g/mol. The molecule has 3 N–H and O–H groups in total. The van der Waals surface area contributed by atoms with Crippen molar-refractivity contribution in [1.29, 1.82) is 0 Å². The lowest BCUT2D eigenvalue weighted by Crippen LogP contribution is -2.26. The Morgan fingerprint density at radius 2 is 2.31 bits per heavy atom. The predicted molar refractivity (Wildman–Crippen MR) is 57.4 cm³/mol. The zero-order valence-electron chi connectivity index (χ0n) is 8.44. The molecule has 2 aromatic rings. The van der Waals surface area contributed by atoms with E-state index in [0.29, 0.717) is 10.9 Å². The summed E-state index contributed by atoms with van der Waals surface area (Å²) in [4.78, 5) is 29.2. The number of nitrogens with zero attached hydrogens (tertiary/aromatic N) is 1. The number of fused-ring (bicyclic) bond motifs is 1. The Morgan fingerprint density at radius 1 is 1.56 bits per heavy atom. The molecule has 0 saturated carbocycles. The normalized spacial score (nSPS) is 10.3. The smallest absolute Gasteiger partial charge is 0.265 e. The quantitative estimate of drug-likeness (QED) is 0.628. The summed E-state index contributed by atoms with van der Waals surface area (Å²) in [6.07, 6.45) is 2.87. The Bertz CT molecular complexity index is 618. The van der Waals surface area contributed by atoms with Crippen LogP contribution in [0, 0.1) is 0 Å². The van der Waals surface area contributed by atoms with E-state index < -0.39 is 11.5 Å². The Morgan fingerprint density at radius 3 is 3.00 bits per heavy atom. The van der Waals surface area contributed by atoms with E-state index in [-0.39, 0.29) is 11.3 Å². The first-order valence-electron chi connectivity index (χ1n) is 4.56. The van der Waals surface area contributed by atoms with E-state index in [2.05, 4.69) is 15.3 Å². The first kappa shape index (κ1) is 10.2.